The number of benzene rings is 2. The second kappa shape index (κ2) is 5.56. The number of hydrogen-bond acceptors (Lipinski definition) is 3. The van der Waals surface area contributed by atoms with E-state index in [2.05, 4.69) is 13.8 Å². The summed E-state index contributed by atoms with van der Waals surface area (Å²) < 4.78 is 5.27. The molecule has 0 atom stereocenters. The van der Waals surface area contributed by atoms with Crippen molar-refractivity contribution in [1.29, 1.82) is 0 Å². The van der Waals surface area contributed by atoms with Gasteiger partial charge in [-0.05, 0) is 54.7 Å². The first-order valence-corrected chi connectivity index (χ1v) is 7.37. The van der Waals surface area contributed by atoms with E-state index < -0.39 is 0 Å². The standard InChI is InChI=1S/C19H24O3/c1-11-7-14(8-12(2)17(11)20)19(4,5)15-9-13(3)18(21)16(10-15)22-6/h7-10,20-21H,1-6H3. The summed E-state index contributed by atoms with van der Waals surface area (Å²) in [5, 5.41) is 20.0. The molecule has 0 heterocycles. The molecule has 2 aromatic rings. The molecule has 0 aliphatic rings. The van der Waals surface area contributed by atoms with Crippen LogP contribution in [0.2, 0.25) is 0 Å². The van der Waals surface area contributed by atoms with Crippen LogP contribution in [0.15, 0.2) is 24.3 Å². The molecule has 0 saturated heterocycles. The molecule has 118 valence electrons. The van der Waals surface area contributed by atoms with Crippen LogP contribution in [0.1, 0.15) is 41.7 Å². The summed E-state index contributed by atoms with van der Waals surface area (Å²) in [6.45, 7) is 9.94. The van der Waals surface area contributed by atoms with Crippen LogP contribution in [0.5, 0.6) is 17.2 Å². The van der Waals surface area contributed by atoms with Crippen LogP contribution in [0.4, 0.5) is 0 Å². The van der Waals surface area contributed by atoms with Crippen molar-refractivity contribution in [3.8, 4) is 17.2 Å². The average molecular weight is 300 g/mol. The van der Waals surface area contributed by atoms with Crippen molar-refractivity contribution in [3.63, 3.8) is 0 Å². The Labute approximate surface area is 132 Å². The lowest BCUT2D eigenvalue weighted by Crippen LogP contribution is -2.19. The molecule has 0 amide bonds. The summed E-state index contributed by atoms with van der Waals surface area (Å²) in [5.74, 6) is 1.01. The van der Waals surface area contributed by atoms with Gasteiger partial charge in [-0.3, -0.25) is 0 Å². The Morgan fingerprint density at radius 2 is 1.18 bits per heavy atom. The van der Waals surface area contributed by atoms with Crippen LogP contribution in [0.25, 0.3) is 0 Å². The van der Waals surface area contributed by atoms with Crippen molar-refractivity contribution in [2.75, 3.05) is 7.11 Å². The lowest BCUT2D eigenvalue weighted by molar-refractivity contribution is 0.370. The van der Waals surface area contributed by atoms with E-state index in [-0.39, 0.29) is 11.2 Å². The predicted octanol–water partition coefficient (Wildman–Crippen LogP) is 4.36. The molecular weight excluding hydrogens is 276 g/mol. The number of hydrogen-bond donors (Lipinski definition) is 2. The Morgan fingerprint density at radius 1 is 0.773 bits per heavy atom. The van der Waals surface area contributed by atoms with Gasteiger partial charge in [-0.1, -0.05) is 32.0 Å². The fourth-order valence-electron chi connectivity index (χ4n) is 2.75. The second-order valence-electron chi connectivity index (χ2n) is 6.43. The van der Waals surface area contributed by atoms with Crippen LogP contribution in [-0.2, 0) is 5.41 Å². The first-order chi connectivity index (χ1) is 10.2. The minimum Gasteiger partial charge on any atom is -0.507 e. The summed E-state index contributed by atoms with van der Waals surface area (Å²) in [4.78, 5) is 0. The number of rotatable bonds is 3. The van der Waals surface area contributed by atoms with Gasteiger partial charge in [0.15, 0.2) is 11.5 Å². The number of phenols is 2. The molecule has 0 spiro atoms. The molecule has 0 bridgehead atoms. The molecular formula is C19H24O3. The molecule has 0 aromatic heterocycles. The van der Waals surface area contributed by atoms with Gasteiger partial charge in [0.25, 0.3) is 0 Å². The van der Waals surface area contributed by atoms with E-state index in [1.54, 1.807) is 7.11 Å². The molecule has 2 N–H and O–H groups in total. The lowest BCUT2D eigenvalue weighted by atomic mass is 9.76. The summed E-state index contributed by atoms with van der Waals surface area (Å²) in [6, 6.07) is 7.88. The topological polar surface area (TPSA) is 49.7 Å². The number of phenolic OH excluding ortho intramolecular Hbond substituents is 2. The fourth-order valence-corrected chi connectivity index (χ4v) is 2.75. The van der Waals surface area contributed by atoms with Gasteiger partial charge in [0.1, 0.15) is 5.75 Å². The molecule has 0 aliphatic carbocycles. The number of ether oxygens (including phenoxy) is 1. The largest absolute Gasteiger partial charge is 0.507 e. The van der Waals surface area contributed by atoms with Crippen molar-refractivity contribution in [1.82, 2.24) is 0 Å². The van der Waals surface area contributed by atoms with Crippen molar-refractivity contribution in [3.05, 3.63) is 52.1 Å². The first-order valence-electron chi connectivity index (χ1n) is 7.37. The molecule has 2 rings (SSSR count). The van der Waals surface area contributed by atoms with Gasteiger partial charge in [-0.2, -0.15) is 0 Å². The molecule has 0 radical (unpaired) electrons. The monoisotopic (exact) mass is 300 g/mol. The van der Waals surface area contributed by atoms with Gasteiger partial charge >= 0.3 is 0 Å². The zero-order valence-electron chi connectivity index (χ0n) is 14.1. The van der Waals surface area contributed by atoms with Crippen LogP contribution in [-0.4, -0.2) is 17.3 Å². The third-order valence-corrected chi connectivity index (χ3v) is 4.42. The minimum absolute atomic E-state index is 0.181. The Bertz CT molecular complexity index is 692. The Kier molecular flexibility index (Phi) is 4.10. The third-order valence-electron chi connectivity index (χ3n) is 4.42. The summed E-state index contributed by atoms with van der Waals surface area (Å²) in [6.07, 6.45) is 0. The van der Waals surface area contributed by atoms with E-state index >= 15 is 0 Å². The summed E-state index contributed by atoms with van der Waals surface area (Å²) in [5.41, 5.74) is 4.43. The first kappa shape index (κ1) is 16.2. The second-order valence-corrected chi connectivity index (χ2v) is 6.43. The van der Waals surface area contributed by atoms with Gasteiger partial charge in [0.2, 0.25) is 0 Å². The van der Waals surface area contributed by atoms with Crippen molar-refractivity contribution in [2.45, 2.75) is 40.0 Å². The van der Waals surface area contributed by atoms with E-state index in [0.717, 1.165) is 27.8 Å². The SMILES string of the molecule is COc1cc(C(C)(C)c2cc(C)c(O)c(C)c2)cc(C)c1O. The highest BCUT2D eigenvalue weighted by atomic mass is 16.5. The molecule has 0 saturated carbocycles. The third kappa shape index (κ3) is 2.63. The zero-order chi connectivity index (χ0) is 16.7. The maximum atomic E-state index is 10.0. The van der Waals surface area contributed by atoms with E-state index in [0.29, 0.717) is 11.5 Å². The fraction of sp³-hybridized carbons (Fsp3) is 0.368. The molecule has 3 nitrogen and oxygen atoms in total. The number of aromatic hydroxyl groups is 2. The van der Waals surface area contributed by atoms with Crippen molar-refractivity contribution in [2.24, 2.45) is 0 Å². The maximum absolute atomic E-state index is 10.0. The molecule has 0 fully saturated rings. The average Bonchev–Trinajstić information content (AvgIpc) is 2.46. The maximum Gasteiger partial charge on any atom is 0.161 e. The van der Waals surface area contributed by atoms with Gasteiger partial charge in [-0.15, -0.1) is 0 Å². The van der Waals surface area contributed by atoms with E-state index in [1.165, 1.54) is 0 Å². The Hall–Kier alpha value is -2.16. The summed E-state index contributed by atoms with van der Waals surface area (Å²) in [7, 11) is 1.56. The van der Waals surface area contributed by atoms with Crippen molar-refractivity contribution >= 4 is 0 Å². The Balaban J connectivity index is 2.62. The van der Waals surface area contributed by atoms with Gasteiger partial charge < -0.3 is 14.9 Å². The van der Waals surface area contributed by atoms with Gasteiger partial charge in [-0.25, -0.2) is 0 Å². The quantitative estimate of drug-likeness (QED) is 0.885. The number of aryl methyl sites for hydroxylation is 3. The number of methoxy groups -OCH3 is 1. The lowest BCUT2D eigenvalue weighted by Gasteiger charge is -2.28. The molecule has 0 unspecified atom stereocenters. The molecule has 0 aliphatic heterocycles. The van der Waals surface area contributed by atoms with Crippen LogP contribution in [0.3, 0.4) is 0 Å². The highest BCUT2D eigenvalue weighted by Crippen LogP contribution is 2.40. The molecule has 3 heteroatoms. The Morgan fingerprint density at radius 3 is 1.64 bits per heavy atom. The van der Waals surface area contributed by atoms with Crippen molar-refractivity contribution < 1.29 is 14.9 Å². The van der Waals surface area contributed by atoms with Crippen LogP contribution < -0.4 is 4.74 Å². The minimum atomic E-state index is -0.269. The van der Waals surface area contributed by atoms with Gasteiger partial charge in [0, 0.05) is 5.41 Å². The zero-order valence-corrected chi connectivity index (χ0v) is 14.1. The molecule has 2 aromatic carbocycles. The molecule has 22 heavy (non-hydrogen) atoms. The van der Waals surface area contributed by atoms with E-state index in [4.69, 9.17) is 4.74 Å². The van der Waals surface area contributed by atoms with Crippen LogP contribution >= 0.6 is 0 Å². The predicted molar refractivity (Wildman–Crippen MR) is 89.1 cm³/mol. The van der Waals surface area contributed by atoms with E-state index in [1.807, 2.05) is 45.0 Å². The highest BCUT2D eigenvalue weighted by molar-refractivity contribution is 5.53. The highest BCUT2D eigenvalue weighted by Gasteiger charge is 2.26. The van der Waals surface area contributed by atoms with E-state index in [9.17, 15) is 10.2 Å². The smallest absolute Gasteiger partial charge is 0.161 e. The summed E-state index contributed by atoms with van der Waals surface area (Å²) >= 11 is 0. The van der Waals surface area contributed by atoms with Gasteiger partial charge in [0.05, 0.1) is 7.11 Å². The van der Waals surface area contributed by atoms with Crippen LogP contribution in [0, 0.1) is 20.8 Å². The normalized spacial score (nSPS) is 11.5.